The maximum Gasteiger partial charge on any atom is 0.238 e. The van der Waals surface area contributed by atoms with Crippen molar-refractivity contribution in [1.29, 1.82) is 0 Å². The van der Waals surface area contributed by atoms with Gasteiger partial charge in [-0.3, -0.25) is 14.4 Å². The molecule has 4 atom stereocenters. The van der Waals surface area contributed by atoms with E-state index in [1.807, 2.05) is 98.5 Å². The summed E-state index contributed by atoms with van der Waals surface area (Å²) >= 11 is 6.37. The van der Waals surface area contributed by atoms with Gasteiger partial charge in [0, 0.05) is 27.4 Å². The van der Waals surface area contributed by atoms with Crippen molar-refractivity contribution in [3.8, 4) is 0 Å². The first-order valence-corrected chi connectivity index (χ1v) is 14.7. The van der Waals surface area contributed by atoms with Gasteiger partial charge < -0.3 is 10.2 Å². The van der Waals surface area contributed by atoms with E-state index in [-0.39, 0.29) is 17.5 Å². The minimum atomic E-state index is -1.30. The van der Waals surface area contributed by atoms with Gasteiger partial charge in [-0.05, 0) is 53.3 Å². The lowest BCUT2D eigenvalue weighted by Crippen LogP contribution is -2.51. The first kappa shape index (κ1) is 27.5. The topological polar surface area (TPSA) is 66.5 Å². The molecule has 3 aliphatic heterocycles. The van der Waals surface area contributed by atoms with E-state index in [2.05, 4.69) is 19.2 Å². The van der Waals surface area contributed by atoms with Crippen LogP contribution in [-0.4, -0.2) is 29.6 Å². The SMILES string of the molecule is CC(C)Cc1ccc(C(=O)[C@@H]2[C@H](C(=O)C(C)(C)C)N3c4ccc(Cl)cc4C=C[C@H]3[C@@]23C(=O)Nc2ccccc23)cc1. The Hall–Kier alpha value is -3.70. The fraction of sp³-hybridized carbons (Fsp3) is 0.343. The number of nitrogens with one attached hydrogen (secondary N) is 1. The monoisotopic (exact) mass is 566 g/mol. The summed E-state index contributed by atoms with van der Waals surface area (Å²) in [4.78, 5) is 45.7. The molecule has 41 heavy (non-hydrogen) atoms. The van der Waals surface area contributed by atoms with Crippen LogP contribution in [0.2, 0.25) is 5.02 Å². The summed E-state index contributed by atoms with van der Waals surface area (Å²) in [5.74, 6) is -1.00. The minimum Gasteiger partial charge on any atom is -0.352 e. The lowest BCUT2D eigenvalue weighted by atomic mass is 9.63. The first-order chi connectivity index (χ1) is 19.4. The lowest BCUT2D eigenvalue weighted by molar-refractivity contribution is -0.128. The number of nitrogens with zero attached hydrogens (tertiary/aromatic N) is 1. The molecule has 3 heterocycles. The quantitative estimate of drug-likeness (QED) is 0.334. The molecule has 0 radical (unpaired) electrons. The molecule has 210 valence electrons. The molecule has 5 nitrogen and oxygen atoms in total. The van der Waals surface area contributed by atoms with E-state index >= 15 is 0 Å². The van der Waals surface area contributed by atoms with E-state index in [1.54, 1.807) is 6.07 Å². The van der Waals surface area contributed by atoms with Gasteiger partial charge in [-0.15, -0.1) is 0 Å². The number of carbonyl (C=O) groups is 3. The Morgan fingerprint density at radius 3 is 2.41 bits per heavy atom. The summed E-state index contributed by atoms with van der Waals surface area (Å²) in [7, 11) is 0. The molecule has 3 aromatic carbocycles. The van der Waals surface area contributed by atoms with Crippen molar-refractivity contribution in [1.82, 2.24) is 0 Å². The molecule has 6 rings (SSSR count). The zero-order valence-electron chi connectivity index (χ0n) is 24.1. The zero-order chi connectivity index (χ0) is 29.3. The largest absolute Gasteiger partial charge is 0.352 e. The zero-order valence-corrected chi connectivity index (χ0v) is 24.8. The Kier molecular flexibility index (Phi) is 6.50. The van der Waals surface area contributed by atoms with Crippen LogP contribution in [0.5, 0.6) is 0 Å². The van der Waals surface area contributed by atoms with E-state index in [4.69, 9.17) is 11.6 Å². The predicted molar refractivity (Wildman–Crippen MR) is 165 cm³/mol. The minimum absolute atomic E-state index is 0.0810. The second-order valence-electron chi connectivity index (χ2n) is 13.0. The Balaban J connectivity index is 1.62. The number of anilines is 2. The molecule has 0 saturated carbocycles. The van der Waals surface area contributed by atoms with Gasteiger partial charge in [-0.2, -0.15) is 0 Å². The molecule has 0 unspecified atom stereocenters. The Labute approximate surface area is 246 Å². The number of Topliss-reactive ketones (excluding diaryl/α,β-unsaturated/α-hetero) is 2. The molecule has 3 aliphatic rings. The van der Waals surface area contributed by atoms with Gasteiger partial charge in [0.15, 0.2) is 11.6 Å². The first-order valence-electron chi connectivity index (χ1n) is 14.3. The summed E-state index contributed by atoms with van der Waals surface area (Å²) in [6, 6.07) is 19.4. The molecule has 1 amide bonds. The lowest BCUT2D eigenvalue weighted by Gasteiger charge is -2.38. The van der Waals surface area contributed by atoms with Crippen LogP contribution in [0.3, 0.4) is 0 Å². The van der Waals surface area contributed by atoms with E-state index in [0.717, 1.165) is 28.8 Å². The summed E-state index contributed by atoms with van der Waals surface area (Å²) in [5, 5.41) is 3.66. The Bertz CT molecular complexity index is 1600. The Morgan fingerprint density at radius 1 is 1.02 bits per heavy atom. The van der Waals surface area contributed by atoms with Crippen LogP contribution in [0.1, 0.15) is 61.7 Å². The molecule has 1 spiro atoms. The van der Waals surface area contributed by atoms with Crippen LogP contribution in [0.25, 0.3) is 6.08 Å². The maximum absolute atomic E-state index is 14.8. The van der Waals surface area contributed by atoms with Crippen LogP contribution in [0.15, 0.2) is 72.8 Å². The van der Waals surface area contributed by atoms with Crippen molar-refractivity contribution in [2.75, 3.05) is 10.2 Å². The van der Waals surface area contributed by atoms with E-state index in [0.29, 0.717) is 22.2 Å². The third kappa shape index (κ3) is 4.16. The van der Waals surface area contributed by atoms with Gasteiger partial charge in [0.1, 0.15) is 11.5 Å². The molecule has 0 bridgehead atoms. The number of fused-ring (bicyclic) bond motifs is 6. The second-order valence-corrected chi connectivity index (χ2v) is 13.4. The molecule has 0 aromatic heterocycles. The summed E-state index contributed by atoms with van der Waals surface area (Å²) in [6.45, 7) is 9.96. The van der Waals surface area contributed by atoms with Crippen molar-refractivity contribution in [2.45, 2.75) is 58.5 Å². The highest BCUT2D eigenvalue weighted by atomic mass is 35.5. The van der Waals surface area contributed by atoms with Gasteiger partial charge >= 0.3 is 0 Å². The molecule has 1 fully saturated rings. The molecule has 6 heteroatoms. The summed E-state index contributed by atoms with van der Waals surface area (Å²) < 4.78 is 0. The van der Waals surface area contributed by atoms with Crippen LogP contribution in [-0.2, 0) is 21.4 Å². The number of hydrogen-bond donors (Lipinski definition) is 1. The van der Waals surface area contributed by atoms with Crippen molar-refractivity contribution in [3.63, 3.8) is 0 Å². The summed E-state index contributed by atoms with van der Waals surface area (Å²) in [5.41, 5.74) is 2.67. The van der Waals surface area contributed by atoms with Crippen LogP contribution in [0.4, 0.5) is 11.4 Å². The number of halogens is 1. The third-order valence-electron chi connectivity index (χ3n) is 8.77. The van der Waals surface area contributed by atoms with Gasteiger partial charge in [0.2, 0.25) is 5.91 Å². The average Bonchev–Trinajstić information content (AvgIpc) is 3.39. The summed E-state index contributed by atoms with van der Waals surface area (Å²) in [6.07, 6.45) is 4.84. The van der Waals surface area contributed by atoms with Crippen molar-refractivity contribution in [3.05, 3.63) is 100 Å². The van der Waals surface area contributed by atoms with Crippen molar-refractivity contribution >= 4 is 46.5 Å². The highest BCUT2D eigenvalue weighted by molar-refractivity contribution is 6.31. The second kappa shape index (κ2) is 9.70. The fourth-order valence-corrected chi connectivity index (χ4v) is 7.23. The normalized spacial score (nSPS) is 24.3. The smallest absolute Gasteiger partial charge is 0.238 e. The average molecular weight is 567 g/mol. The molecular formula is C35H35ClN2O3. The number of carbonyl (C=O) groups excluding carboxylic acids is 3. The maximum atomic E-state index is 14.8. The fourth-order valence-electron chi connectivity index (χ4n) is 7.05. The molecular weight excluding hydrogens is 532 g/mol. The highest BCUT2D eigenvalue weighted by Crippen LogP contribution is 2.58. The van der Waals surface area contributed by atoms with Gasteiger partial charge in [0.25, 0.3) is 0 Å². The van der Waals surface area contributed by atoms with E-state index in [9.17, 15) is 14.4 Å². The van der Waals surface area contributed by atoms with Gasteiger partial charge in [-0.1, -0.05) is 101 Å². The van der Waals surface area contributed by atoms with Gasteiger partial charge in [-0.25, -0.2) is 0 Å². The van der Waals surface area contributed by atoms with Crippen LogP contribution >= 0.6 is 11.6 Å². The number of hydrogen-bond acceptors (Lipinski definition) is 4. The van der Waals surface area contributed by atoms with E-state index < -0.39 is 28.8 Å². The number of para-hydroxylation sites is 1. The number of rotatable bonds is 5. The molecule has 1 N–H and O–H groups in total. The van der Waals surface area contributed by atoms with Crippen molar-refractivity contribution in [2.24, 2.45) is 17.3 Å². The molecule has 1 saturated heterocycles. The standard InChI is InChI=1S/C35H35ClN2O3/c1-20(2)18-21-10-12-22(13-11-21)31(39)29-30(32(40)34(3,4)5)38-27-16-15-24(36)19-23(27)14-17-28(38)35(29)25-8-6-7-9-26(25)37-33(35)41/h6-17,19-20,28-30H,18H2,1-5H3,(H,37,41)/t28-,29-,30+,35+/m0/s1. The predicted octanol–water partition coefficient (Wildman–Crippen LogP) is 7.13. The Morgan fingerprint density at radius 2 is 1.73 bits per heavy atom. The van der Waals surface area contributed by atoms with E-state index in [1.165, 1.54) is 0 Å². The van der Waals surface area contributed by atoms with Crippen LogP contribution in [0, 0.1) is 17.3 Å². The number of amides is 1. The van der Waals surface area contributed by atoms with Crippen LogP contribution < -0.4 is 10.2 Å². The van der Waals surface area contributed by atoms with Gasteiger partial charge in [0.05, 0.1) is 12.0 Å². The number of ketones is 2. The highest BCUT2D eigenvalue weighted by Gasteiger charge is 2.70. The molecule has 0 aliphatic carbocycles. The van der Waals surface area contributed by atoms with Crippen molar-refractivity contribution < 1.29 is 14.4 Å². The number of benzene rings is 3. The molecule has 3 aromatic rings. The third-order valence-corrected chi connectivity index (χ3v) is 9.00.